The van der Waals surface area contributed by atoms with Gasteiger partial charge in [-0.05, 0) is 37.1 Å². The van der Waals surface area contributed by atoms with Gasteiger partial charge in [0.2, 0.25) is 0 Å². The maximum absolute atomic E-state index is 12.1. The van der Waals surface area contributed by atoms with Crippen LogP contribution in [-0.2, 0) is 19.4 Å². The zero-order valence-corrected chi connectivity index (χ0v) is 12.4. The summed E-state index contributed by atoms with van der Waals surface area (Å²) < 4.78 is 29.8. The number of sulfone groups is 1. The summed E-state index contributed by atoms with van der Waals surface area (Å²) in [6, 6.07) is 7.80. The predicted molar refractivity (Wildman–Crippen MR) is 76.4 cm³/mol. The van der Waals surface area contributed by atoms with E-state index in [0.29, 0.717) is 31.2 Å². The monoisotopic (exact) mass is 307 g/mol. The highest BCUT2D eigenvalue weighted by atomic mass is 32.2. The standard InChI is InChI=1S/C15H17NO4S/c16-11-12-1-7-15(8-2-12)21(18,19)10-9-20-14-5-3-13(17)4-6-14/h1-2,7-8,14H,3-6,9-10H2. The van der Waals surface area contributed by atoms with Gasteiger partial charge in [0.05, 0.1) is 35.0 Å². The highest BCUT2D eigenvalue weighted by molar-refractivity contribution is 7.91. The van der Waals surface area contributed by atoms with Crippen LogP contribution in [0.1, 0.15) is 31.2 Å². The Bertz CT molecular complexity index is 633. The second-order valence-electron chi connectivity index (χ2n) is 5.06. The number of carbonyl (C=O) groups excluding carboxylic acids is 1. The van der Waals surface area contributed by atoms with Crippen LogP contribution < -0.4 is 0 Å². The molecule has 6 heteroatoms. The number of ether oxygens (including phenoxy) is 1. The number of nitriles is 1. The highest BCUT2D eigenvalue weighted by Crippen LogP contribution is 2.18. The topological polar surface area (TPSA) is 84.2 Å². The lowest BCUT2D eigenvalue weighted by atomic mass is 9.97. The van der Waals surface area contributed by atoms with E-state index >= 15 is 0 Å². The summed E-state index contributed by atoms with van der Waals surface area (Å²) in [5, 5.41) is 8.69. The predicted octanol–water partition coefficient (Wildman–Crippen LogP) is 1.86. The normalized spacial score (nSPS) is 16.6. The van der Waals surface area contributed by atoms with Crippen molar-refractivity contribution >= 4 is 15.6 Å². The Balaban J connectivity index is 1.86. The number of hydrogen-bond donors (Lipinski definition) is 0. The Kier molecular flexibility index (Phi) is 5.10. The molecule has 0 aromatic heterocycles. The molecule has 1 aliphatic carbocycles. The first-order valence-electron chi connectivity index (χ1n) is 6.87. The number of carbonyl (C=O) groups is 1. The van der Waals surface area contributed by atoms with Gasteiger partial charge in [0.1, 0.15) is 5.78 Å². The second-order valence-corrected chi connectivity index (χ2v) is 7.17. The van der Waals surface area contributed by atoms with Gasteiger partial charge < -0.3 is 4.74 Å². The lowest BCUT2D eigenvalue weighted by molar-refractivity contribution is -0.122. The molecule has 1 fully saturated rings. The van der Waals surface area contributed by atoms with Crippen molar-refractivity contribution < 1.29 is 17.9 Å². The van der Waals surface area contributed by atoms with Gasteiger partial charge in [-0.25, -0.2) is 8.42 Å². The fraction of sp³-hybridized carbons (Fsp3) is 0.467. The Labute approximate surface area is 124 Å². The highest BCUT2D eigenvalue weighted by Gasteiger charge is 2.20. The number of ketones is 1. The molecule has 0 bridgehead atoms. The third kappa shape index (κ3) is 4.38. The van der Waals surface area contributed by atoms with Crippen molar-refractivity contribution in [1.29, 1.82) is 5.26 Å². The Morgan fingerprint density at radius 1 is 1.19 bits per heavy atom. The van der Waals surface area contributed by atoms with Crippen LogP contribution >= 0.6 is 0 Å². The Hall–Kier alpha value is -1.71. The van der Waals surface area contributed by atoms with E-state index in [-0.39, 0.29) is 29.1 Å². The van der Waals surface area contributed by atoms with E-state index in [9.17, 15) is 13.2 Å². The van der Waals surface area contributed by atoms with Crippen molar-refractivity contribution in [2.24, 2.45) is 0 Å². The van der Waals surface area contributed by atoms with Crippen LogP contribution in [0.4, 0.5) is 0 Å². The lowest BCUT2D eigenvalue weighted by Crippen LogP contribution is -2.24. The maximum atomic E-state index is 12.1. The third-order valence-corrected chi connectivity index (χ3v) is 5.23. The SMILES string of the molecule is N#Cc1ccc(S(=O)(=O)CCOC2CCC(=O)CC2)cc1. The number of rotatable bonds is 5. The van der Waals surface area contributed by atoms with Crippen LogP contribution in [0, 0.1) is 11.3 Å². The molecule has 0 aliphatic heterocycles. The van der Waals surface area contributed by atoms with E-state index in [2.05, 4.69) is 0 Å². The molecule has 0 N–H and O–H groups in total. The minimum atomic E-state index is -3.40. The summed E-state index contributed by atoms with van der Waals surface area (Å²) in [7, 11) is -3.40. The average molecular weight is 307 g/mol. The van der Waals surface area contributed by atoms with Crippen molar-refractivity contribution in [2.75, 3.05) is 12.4 Å². The van der Waals surface area contributed by atoms with E-state index in [4.69, 9.17) is 10.00 Å². The van der Waals surface area contributed by atoms with E-state index in [1.807, 2.05) is 6.07 Å². The minimum absolute atomic E-state index is 0.0149. The Morgan fingerprint density at radius 2 is 1.81 bits per heavy atom. The van der Waals surface area contributed by atoms with E-state index < -0.39 is 9.84 Å². The zero-order chi connectivity index (χ0) is 15.3. The van der Waals surface area contributed by atoms with Gasteiger partial charge in [-0.3, -0.25) is 4.79 Å². The molecule has 21 heavy (non-hydrogen) atoms. The van der Waals surface area contributed by atoms with Crippen LogP contribution in [0.15, 0.2) is 29.2 Å². The summed E-state index contributed by atoms with van der Waals surface area (Å²) in [5.74, 6) is 0.156. The van der Waals surface area contributed by atoms with Crippen molar-refractivity contribution in [2.45, 2.75) is 36.7 Å². The molecular weight excluding hydrogens is 290 g/mol. The van der Waals surface area contributed by atoms with Crippen LogP contribution in [-0.4, -0.2) is 32.7 Å². The third-order valence-electron chi connectivity index (χ3n) is 3.54. The van der Waals surface area contributed by atoms with Gasteiger partial charge >= 0.3 is 0 Å². The van der Waals surface area contributed by atoms with Crippen LogP contribution in [0.5, 0.6) is 0 Å². The van der Waals surface area contributed by atoms with Crippen molar-refractivity contribution in [3.05, 3.63) is 29.8 Å². The smallest absolute Gasteiger partial charge is 0.180 e. The molecule has 5 nitrogen and oxygen atoms in total. The van der Waals surface area contributed by atoms with Crippen LogP contribution in [0.2, 0.25) is 0 Å². The number of nitrogens with zero attached hydrogens (tertiary/aromatic N) is 1. The quantitative estimate of drug-likeness (QED) is 0.829. The summed E-state index contributed by atoms with van der Waals surface area (Å²) >= 11 is 0. The minimum Gasteiger partial charge on any atom is -0.377 e. The summed E-state index contributed by atoms with van der Waals surface area (Å²) in [5.41, 5.74) is 0.428. The molecule has 1 aromatic rings. The molecule has 0 atom stereocenters. The lowest BCUT2D eigenvalue weighted by Gasteiger charge is -2.21. The molecule has 2 rings (SSSR count). The molecule has 0 spiro atoms. The number of hydrogen-bond acceptors (Lipinski definition) is 5. The van der Waals surface area contributed by atoms with E-state index in [1.165, 1.54) is 24.3 Å². The molecule has 112 valence electrons. The fourth-order valence-electron chi connectivity index (χ4n) is 2.26. The van der Waals surface area contributed by atoms with Gasteiger partial charge in [0, 0.05) is 12.8 Å². The zero-order valence-electron chi connectivity index (χ0n) is 11.6. The fourth-order valence-corrected chi connectivity index (χ4v) is 3.36. The van der Waals surface area contributed by atoms with Crippen molar-refractivity contribution in [1.82, 2.24) is 0 Å². The van der Waals surface area contributed by atoms with Gasteiger partial charge in [0.15, 0.2) is 9.84 Å². The Morgan fingerprint density at radius 3 is 2.38 bits per heavy atom. The van der Waals surface area contributed by atoms with Crippen LogP contribution in [0.3, 0.4) is 0 Å². The van der Waals surface area contributed by atoms with Gasteiger partial charge in [-0.15, -0.1) is 0 Å². The first-order chi connectivity index (χ1) is 10.0. The molecule has 1 aromatic carbocycles. The molecular formula is C15H17NO4S. The molecule has 0 unspecified atom stereocenters. The number of Topliss-reactive ketones (excluding diaryl/α,β-unsaturated/α-hetero) is 1. The van der Waals surface area contributed by atoms with Crippen molar-refractivity contribution in [3.8, 4) is 6.07 Å². The summed E-state index contributed by atoms with van der Waals surface area (Å²) in [6.07, 6.45) is 2.38. The average Bonchev–Trinajstić information content (AvgIpc) is 2.49. The molecule has 0 amide bonds. The molecule has 0 radical (unpaired) electrons. The maximum Gasteiger partial charge on any atom is 0.180 e. The molecule has 1 aliphatic rings. The number of benzene rings is 1. The molecule has 0 saturated heterocycles. The van der Waals surface area contributed by atoms with Gasteiger partial charge in [-0.1, -0.05) is 0 Å². The second kappa shape index (κ2) is 6.83. The van der Waals surface area contributed by atoms with Gasteiger partial charge in [-0.2, -0.15) is 5.26 Å². The first-order valence-corrected chi connectivity index (χ1v) is 8.53. The van der Waals surface area contributed by atoms with Crippen molar-refractivity contribution in [3.63, 3.8) is 0 Å². The van der Waals surface area contributed by atoms with E-state index in [1.54, 1.807) is 0 Å². The van der Waals surface area contributed by atoms with E-state index in [0.717, 1.165) is 0 Å². The molecule has 0 heterocycles. The first kappa shape index (κ1) is 15.7. The molecule has 1 saturated carbocycles. The summed E-state index contributed by atoms with van der Waals surface area (Å²) in [4.78, 5) is 11.3. The summed E-state index contributed by atoms with van der Waals surface area (Å²) in [6.45, 7) is 0.126. The largest absolute Gasteiger partial charge is 0.377 e. The van der Waals surface area contributed by atoms with Crippen LogP contribution in [0.25, 0.3) is 0 Å². The van der Waals surface area contributed by atoms with Gasteiger partial charge in [0.25, 0.3) is 0 Å².